The van der Waals surface area contributed by atoms with Gasteiger partial charge in [-0.25, -0.2) is 8.42 Å². The van der Waals surface area contributed by atoms with E-state index in [2.05, 4.69) is 5.16 Å². The lowest BCUT2D eigenvalue weighted by atomic mass is 10.2. The first-order valence-electron chi connectivity index (χ1n) is 12.0. The molecule has 0 spiro atoms. The van der Waals surface area contributed by atoms with E-state index < -0.39 is 20.1 Å². The predicted molar refractivity (Wildman–Crippen MR) is 144 cm³/mol. The van der Waals surface area contributed by atoms with Crippen molar-refractivity contribution in [2.24, 2.45) is 16.6 Å². The predicted octanol–water partition coefficient (Wildman–Crippen LogP) is 1.27. The molecule has 0 bridgehead atoms. The lowest BCUT2D eigenvalue weighted by Crippen LogP contribution is -2.37. The standard InChI is InChI=1S/C24H36N4O9S2/c1-4-21-22(38(29,30)28(12-16-33-2)13-17-34-3)10-6-11-23(21)39(31,32)37-20-9-5-8-19(18-20)35-14-7-15-36-27-24(25)26/h5-6,8-11,18H,4,7,12-17H2,1-3H3,(H4,25,26,27). The Morgan fingerprint density at radius 3 is 2.10 bits per heavy atom. The molecule has 13 nitrogen and oxygen atoms in total. The molecule has 0 heterocycles. The quantitative estimate of drug-likeness (QED) is 0.0841. The molecule has 4 N–H and O–H groups in total. The molecule has 0 atom stereocenters. The second-order valence-electron chi connectivity index (χ2n) is 8.04. The van der Waals surface area contributed by atoms with Crippen LogP contribution in [0.5, 0.6) is 11.5 Å². The van der Waals surface area contributed by atoms with Crippen LogP contribution in [0.1, 0.15) is 18.9 Å². The van der Waals surface area contributed by atoms with Crippen LogP contribution in [0.15, 0.2) is 57.4 Å². The van der Waals surface area contributed by atoms with Gasteiger partial charge in [0.2, 0.25) is 16.0 Å². The number of nitrogens with zero attached hydrogens (tertiary/aromatic N) is 2. The van der Waals surface area contributed by atoms with Crippen LogP contribution in [0.3, 0.4) is 0 Å². The molecular formula is C24H36N4O9S2. The van der Waals surface area contributed by atoms with Crippen molar-refractivity contribution in [3.8, 4) is 11.5 Å². The molecular weight excluding hydrogens is 552 g/mol. The number of guanidine groups is 1. The molecule has 218 valence electrons. The highest BCUT2D eigenvalue weighted by Crippen LogP contribution is 2.30. The molecule has 0 aliphatic carbocycles. The molecule has 0 fully saturated rings. The third-order valence-corrected chi connectivity index (χ3v) is 8.57. The van der Waals surface area contributed by atoms with Gasteiger partial charge < -0.3 is 34.7 Å². The average molecular weight is 589 g/mol. The van der Waals surface area contributed by atoms with Crippen LogP contribution in [0.2, 0.25) is 0 Å². The topological polar surface area (TPSA) is 182 Å². The Morgan fingerprint density at radius 2 is 1.49 bits per heavy atom. The van der Waals surface area contributed by atoms with E-state index in [1.807, 2.05) is 0 Å². The van der Waals surface area contributed by atoms with Crippen molar-refractivity contribution in [3.63, 3.8) is 0 Å². The third kappa shape index (κ3) is 9.54. The molecule has 15 heteroatoms. The highest BCUT2D eigenvalue weighted by Gasteiger charge is 2.31. The van der Waals surface area contributed by atoms with E-state index in [-0.39, 0.29) is 73.0 Å². The van der Waals surface area contributed by atoms with E-state index in [0.717, 1.165) is 0 Å². The summed E-state index contributed by atoms with van der Waals surface area (Å²) < 4.78 is 76.0. The van der Waals surface area contributed by atoms with E-state index in [0.29, 0.717) is 12.2 Å². The summed E-state index contributed by atoms with van der Waals surface area (Å²) >= 11 is 0. The zero-order valence-electron chi connectivity index (χ0n) is 22.2. The van der Waals surface area contributed by atoms with Gasteiger partial charge in [-0.1, -0.05) is 19.1 Å². The van der Waals surface area contributed by atoms with Crippen molar-refractivity contribution in [1.82, 2.24) is 4.31 Å². The van der Waals surface area contributed by atoms with E-state index in [1.54, 1.807) is 19.1 Å². The summed E-state index contributed by atoms with van der Waals surface area (Å²) in [5.74, 6) is 0.177. The Balaban J connectivity index is 2.27. The smallest absolute Gasteiger partial charge is 0.339 e. The molecule has 0 radical (unpaired) electrons. The van der Waals surface area contributed by atoms with Gasteiger partial charge in [0.15, 0.2) is 0 Å². The highest BCUT2D eigenvalue weighted by atomic mass is 32.2. The maximum atomic E-state index is 13.5. The normalized spacial score (nSPS) is 11.8. The number of benzene rings is 2. The van der Waals surface area contributed by atoms with Gasteiger partial charge in [-0.2, -0.15) is 12.7 Å². The molecule has 0 saturated carbocycles. The maximum Gasteiger partial charge on any atom is 0.339 e. The molecule has 2 aromatic carbocycles. The molecule has 2 rings (SSSR count). The van der Waals surface area contributed by atoms with Crippen LogP contribution in [0, 0.1) is 0 Å². The van der Waals surface area contributed by atoms with E-state index >= 15 is 0 Å². The highest BCUT2D eigenvalue weighted by molar-refractivity contribution is 7.89. The number of methoxy groups -OCH3 is 2. The van der Waals surface area contributed by atoms with Gasteiger partial charge in [-0.3, -0.25) is 0 Å². The van der Waals surface area contributed by atoms with Gasteiger partial charge in [0.25, 0.3) is 0 Å². The lowest BCUT2D eigenvalue weighted by Gasteiger charge is -2.23. The monoisotopic (exact) mass is 588 g/mol. The first kappa shape index (κ1) is 32.1. The minimum absolute atomic E-state index is 0.00128. The van der Waals surface area contributed by atoms with Crippen molar-refractivity contribution < 1.29 is 40.1 Å². The lowest BCUT2D eigenvalue weighted by molar-refractivity contribution is 0.127. The second-order valence-corrected chi connectivity index (χ2v) is 11.5. The van der Waals surface area contributed by atoms with Crippen LogP contribution in [-0.4, -0.2) is 80.8 Å². The number of nitrogens with two attached hydrogens (primary N) is 2. The number of sulfonamides is 1. The number of hydrogen-bond donors (Lipinski definition) is 2. The Hall–Kier alpha value is -3.11. The van der Waals surface area contributed by atoms with E-state index in [1.165, 1.54) is 48.9 Å². The molecule has 2 aromatic rings. The van der Waals surface area contributed by atoms with Crippen molar-refractivity contribution in [1.29, 1.82) is 0 Å². The van der Waals surface area contributed by atoms with Crippen LogP contribution in [-0.2, 0) is 40.9 Å². The summed E-state index contributed by atoms with van der Waals surface area (Å²) in [6.45, 7) is 2.61. The molecule has 0 aliphatic rings. The zero-order valence-corrected chi connectivity index (χ0v) is 23.9. The Kier molecular flexibility index (Phi) is 12.7. The first-order chi connectivity index (χ1) is 18.6. The van der Waals surface area contributed by atoms with Gasteiger partial charge in [0, 0.05) is 39.8 Å². The van der Waals surface area contributed by atoms with Crippen molar-refractivity contribution in [3.05, 3.63) is 48.0 Å². The fourth-order valence-electron chi connectivity index (χ4n) is 3.47. The minimum Gasteiger partial charge on any atom is -0.493 e. The van der Waals surface area contributed by atoms with Crippen LogP contribution in [0.25, 0.3) is 0 Å². The zero-order chi connectivity index (χ0) is 28.9. The summed E-state index contributed by atoms with van der Waals surface area (Å²) in [5.41, 5.74) is 10.5. The van der Waals surface area contributed by atoms with E-state index in [9.17, 15) is 16.8 Å². The van der Waals surface area contributed by atoms with Crippen molar-refractivity contribution in [2.45, 2.75) is 29.6 Å². The minimum atomic E-state index is -4.40. The summed E-state index contributed by atoms with van der Waals surface area (Å²) in [7, 11) is -5.54. The fraction of sp³-hybridized carbons (Fsp3) is 0.458. The second kappa shape index (κ2) is 15.5. The molecule has 39 heavy (non-hydrogen) atoms. The van der Waals surface area contributed by atoms with Crippen molar-refractivity contribution in [2.75, 3.05) is 53.7 Å². The van der Waals surface area contributed by atoms with Crippen LogP contribution in [0.4, 0.5) is 0 Å². The summed E-state index contributed by atoms with van der Waals surface area (Å²) in [6.07, 6.45) is 0.591. The largest absolute Gasteiger partial charge is 0.493 e. The molecule has 0 saturated heterocycles. The number of oxime groups is 1. The fourth-order valence-corrected chi connectivity index (χ4v) is 6.51. The summed E-state index contributed by atoms with van der Waals surface area (Å²) in [4.78, 5) is 4.51. The molecule has 0 aromatic heterocycles. The Bertz CT molecular complexity index is 1290. The van der Waals surface area contributed by atoms with E-state index in [4.69, 9.17) is 34.7 Å². The van der Waals surface area contributed by atoms with Gasteiger partial charge in [0.05, 0.1) is 24.7 Å². The third-order valence-electron chi connectivity index (χ3n) is 5.25. The first-order valence-corrected chi connectivity index (χ1v) is 14.9. The number of hydrogen-bond acceptors (Lipinski definition) is 10. The average Bonchev–Trinajstić information content (AvgIpc) is 2.89. The summed E-state index contributed by atoms with van der Waals surface area (Å²) in [6, 6.07) is 10.1. The number of rotatable bonds is 18. The van der Waals surface area contributed by atoms with Gasteiger partial charge in [0.1, 0.15) is 23.0 Å². The molecule has 0 unspecified atom stereocenters. The number of ether oxygens (including phenoxy) is 3. The summed E-state index contributed by atoms with van der Waals surface area (Å²) in [5, 5.41) is 3.40. The van der Waals surface area contributed by atoms with Crippen LogP contribution < -0.4 is 20.4 Å². The van der Waals surface area contributed by atoms with Gasteiger partial charge >= 0.3 is 10.1 Å². The Morgan fingerprint density at radius 1 is 0.872 bits per heavy atom. The molecule has 0 amide bonds. The molecule has 0 aliphatic heterocycles. The van der Waals surface area contributed by atoms with Gasteiger partial charge in [-0.15, -0.1) is 0 Å². The van der Waals surface area contributed by atoms with Crippen LogP contribution >= 0.6 is 0 Å². The van der Waals surface area contributed by atoms with Gasteiger partial charge in [-0.05, 0) is 41.4 Å². The van der Waals surface area contributed by atoms with Crippen molar-refractivity contribution >= 4 is 26.1 Å². The Labute approximate surface area is 229 Å². The SMILES string of the molecule is CCc1c(S(=O)(=O)Oc2cccc(OCCCON=C(N)N)c2)cccc1S(=O)(=O)N(CCOC)CCOC. The maximum absolute atomic E-state index is 13.5.